The zero-order valence-electron chi connectivity index (χ0n) is 16.3. The maximum atomic E-state index is 13.0. The summed E-state index contributed by atoms with van der Waals surface area (Å²) < 4.78 is 40.1. The van der Waals surface area contributed by atoms with Gasteiger partial charge in [-0.2, -0.15) is 0 Å². The maximum absolute atomic E-state index is 13.0. The Hall–Kier alpha value is -2.38. The van der Waals surface area contributed by atoms with Crippen molar-refractivity contribution < 1.29 is 22.7 Å². The second-order valence-corrected chi connectivity index (χ2v) is 8.90. The van der Waals surface area contributed by atoms with Gasteiger partial charge in [0.1, 0.15) is 0 Å². The van der Waals surface area contributed by atoms with Gasteiger partial charge >= 0.3 is 0 Å². The zero-order valence-corrected chi connectivity index (χ0v) is 17.1. The van der Waals surface area contributed by atoms with E-state index >= 15 is 0 Å². The molecule has 0 amide bonds. The van der Waals surface area contributed by atoms with Gasteiger partial charge in [-0.05, 0) is 42.7 Å². The van der Waals surface area contributed by atoms with Gasteiger partial charge in [0.2, 0.25) is 10.0 Å². The van der Waals surface area contributed by atoms with E-state index in [4.69, 9.17) is 9.47 Å². The van der Waals surface area contributed by atoms with Crippen molar-refractivity contribution in [3.63, 3.8) is 0 Å². The summed E-state index contributed by atoms with van der Waals surface area (Å²) in [7, 11) is -3.81. The first-order valence-corrected chi connectivity index (χ1v) is 10.8. The number of rotatable bonds is 6. The van der Waals surface area contributed by atoms with Crippen LogP contribution in [0.3, 0.4) is 0 Å². The van der Waals surface area contributed by atoms with E-state index in [2.05, 4.69) is 4.72 Å². The fourth-order valence-corrected chi connectivity index (χ4v) is 4.50. The number of hydrogen-bond donors (Lipinski definition) is 1. The lowest BCUT2D eigenvalue weighted by atomic mass is 9.97. The first-order chi connectivity index (χ1) is 13.3. The van der Waals surface area contributed by atoms with Crippen LogP contribution in [0.25, 0.3) is 0 Å². The predicted octanol–water partition coefficient (Wildman–Crippen LogP) is 3.73. The van der Waals surface area contributed by atoms with E-state index in [1.54, 1.807) is 12.1 Å². The van der Waals surface area contributed by atoms with Crippen LogP contribution >= 0.6 is 0 Å². The normalized spacial score (nSPS) is 15.1. The summed E-state index contributed by atoms with van der Waals surface area (Å²) in [5, 5.41) is 0. The minimum atomic E-state index is -3.81. The highest BCUT2D eigenvalue weighted by Gasteiger charge is 2.25. The SMILES string of the molecule is CC(=O)c1cccc(S(=O)(=O)N[C@@H](c2ccc3c(c2)OCCCO3)C(C)C)c1. The van der Waals surface area contributed by atoms with Crippen molar-refractivity contribution in [1.82, 2.24) is 4.72 Å². The molecule has 0 radical (unpaired) electrons. The van der Waals surface area contributed by atoms with Crippen molar-refractivity contribution in [2.45, 2.75) is 38.1 Å². The molecule has 1 aliphatic heterocycles. The van der Waals surface area contributed by atoms with Gasteiger partial charge in [0.05, 0.1) is 18.1 Å². The molecule has 3 rings (SSSR count). The Kier molecular flexibility index (Phi) is 6.05. The predicted molar refractivity (Wildman–Crippen MR) is 106 cm³/mol. The molecule has 7 heteroatoms. The van der Waals surface area contributed by atoms with Gasteiger partial charge in [-0.25, -0.2) is 13.1 Å². The summed E-state index contributed by atoms with van der Waals surface area (Å²) in [6.45, 7) is 6.46. The molecule has 150 valence electrons. The lowest BCUT2D eigenvalue weighted by Crippen LogP contribution is -2.32. The number of nitrogens with one attached hydrogen (secondary N) is 1. The Morgan fingerprint density at radius 3 is 2.43 bits per heavy atom. The Bertz CT molecular complexity index is 969. The molecule has 2 aromatic rings. The quantitative estimate of drug-likeness (QED) is 0.744. The molecule has 1 N–H and O–H groups in total. The van der Waals surface area contributed by atoms with E-state index in [1.807, 2.05) is 32.0 Å². The molecule has 0 fully saturated rings. The summed E-state index contributed by atoms with van der Waals surface area (Å²) in [6, 6.07) is 11.1. The molecule has 0 unspecified atom stereocenters. The van der Waals surface area contributed by atoms with Gasteiger partial charge in [0.25, 0.3) is 0 Å². The minimum Gasteiger partial charge on any atom is -0.490 e. The summed E-state index contributed by atoms with van der Waals surface area (Å²) in [5.74, 6) is 1.11. The summed E-state index contributed by atoms with van der Waals surface area (Å²) in [6.07, 6.45) is 0.802. The van der Waals surface area contributed by atoms with Crippen LogP contribution in [-0.4, -0.2) is 27.4 Å². The fourth-order valence-electron chi connectivity index (χ4n) is 3.08. The van der Waals surface area contributed by atoms with Crippen LogP contribution in [0.2, 0.25) is 0 Å². The van der Waals surface area contributed by atoms with Crippen LogP contribution < -0.4 is 14.2 Å². The van der Waals surface area contributed by atoms with Gasteiger partial charge in [-0.1, -0.05) is 32.0 Å². The van der Waals surface area contributed by atoms with Crippen molar-refractivity contribution in [2.75, 3.05) is 13.2 Å². The average molecular weight is 404 g/mol. The number of carbonyl (C=O) groups excluding carboxylic acids is 1. The molecule has 1 atom stereocenters. The van der Waals surface area contributed by atoms with E-state index in [9.17, 15) is 13.2 Å². The van der Waals surface area contributed by atoms with Crippen molar-refractivity contribution in [2.24, 2.45) is 5.92 Å². The third kappa shape index (κ3) is 4.54. The van der Waals surface area contributed by atoms with Gasteiger partial charge in [-0.3, -0.25) is 4.79 Å². The van der Waals surface area contributed by atoms with Crippen LogP contribution in [-0.2, 0) is 10.0 Å². The molecule has 0 spiro atoms. The molecule has 6 nitrogen and oxygen atoms in total. The summed E-state index contributed by atoms with van der Waals surface area (Å²) in [5.41, 5.74) is 1.16. The molecular weight excluding hydrogens is 378 g/mol. The third-order valence-electron chi connectivity index (χ3n) is 4.63. The van der Waals surface area contributed by atoms with Gasteiger partial charge in [0, 0.05) is 18.0 Å². The number of benzene rings is 2. The minimum absolute atomic E-state index is 0.00416. The first-order valence-electron chi connectivity index (χ1n) is 9.31. The Balaban J connectivity index is 1.92. The van der Waals surface area contributed by atoms with Crippen LogP contribution in [0.4, 0.5) is 0 Å². The number of ether oxygens (including phenoxy) is 2. The number of fused-ring (bicyclic) bond motifs is 1. The van der Waals surface area contributed by atoms with E-state index in [1.165, 1.54) is 19.1 Å². The van der Waals surface area contributed by atoms with E-state index in [0.29, 0.717) is 30.3 Å². The fraction of sp³-hybridized carbons (Fsp3) is 0.381. The molecule has 1 aliphatic rings. The average Bonchev–Trinajstić information content (AvgIpc) is 2.90. The largest absolute Gasteiger partial charge is 0.490 e. The van der Waals surface area contributed by atoms with Gasteiger partial charge < -0.3 is 9.47 Å². The molecule has 0 saturated heterocycles. The highest BCUT2D eigenvalue weighted by Crippen LogP contribution is 2.34. The zero-order chi connectivity index (χ0) is 20.3. The third-order valence-corrected chi connectivity index (χ3v) is 6.07. The Morgan fingerprint density at radius 2 is 1.75 bits per heavy atom. The molecule has 2 aromatic carbocycles. The lowest BCUT2D eigenvalue weighted by molar-refractivity contribution is 0.101. The first kappa shape index (κ1) is 20.4. The van der Waals surface area contributed by atoms with Crippen LogP contribution in [0.1, 0.15) is 49.2 Å². The molecule has 0 aliphatic carbocycles. The smallest absolute Gasteiger partial charge is 0.241 e. The molecular formula is C21H25NO5S. The molecule has 0 saturated carbocycles. The number of Topliss-reactive ketones (excluding diaryl/α,β-unsaturated/α-hetero) is 1. The Morgan fingerprint density at radius 1 is 1.04 bits per heavy atom. The second-order valence-electron chi connectivity index (χ2n) is 7.18. The summed E-state index contributed by atoms with van der Waals surface area (Å²) in [4.78, 5) is 11.7. The topological polar surface area (TPSA) is 81.7 Å². The molecule has 28 heavy (non-hydrogen) atoms. The monoisotopic (exact) mass is 403 g/mol. The number of ketones is 1. The molecule has 0 aromatic heterocycles. The van der Waals surface area contributed by atoms with Crippen molar-refractivity contribution in [3.05, 3.63) is 53.6 Å². The number of sulfonamides is 1. The van der Waals surface area contributed by atoms with Crippen molar-refractivity contribution in [1.29, 1.82) is 0 Å². The van der Waals surface area contributed by atoms with Crippen LogP contribution in [0.15, 0.2) is 47.4 Å². The lowest BCUT2D eigenvalue weighted by Gasteiger charge is -2.24. The highest BCUT2D eigenvalue weighted by molar-refractivity contribution is 7.89. The van der Waals surface area contributed by atoms with Gasteiger partial charge in [0.15, 0.2) is 17.3 Å². The van der Waals surface area contributed by atoms with Crippen molar-refractivity contribution >= 4 is 15.8 Å². The van der Waals surface area contributed by atoms with E-state index < -0.39 is 16.1 Å². The second kappa shape index (κ2) is 8.32. The van der Waals surface area contributed by atoms with Crippen LogP contribution in [0.5, 0.6) is 11.5 Å². The summed E-state index contributed by atoms with van der Waals surface area (Å²) >= 11 is 0. The van der Waals surface area contributed by atoms with Gasteiger partial charge in [-0.15, -0.1) is 0 Å². The van der Waals surface area contributed by atoms with Crippen LogP contribution in [0, 0.1) is 5.92 Å². The highest BCUT2D eigenvalue weighted by atomic mass is 32.2. The Labute approximate surface area is 165 Å². The number of hydrogen-bond acceptors (Lipinski definition) is 5. The van der Waals surface area contributed by atoms with E-state index in [0.717, 1.165) is 12.0 Å². The van der Waals surface area contributed by atoms with E-state index in [-0.39, 0.29) is 16.6 Å². The molecule has 0 bridgehead atoms. The maximum Gasteiger partial charge on any atom is 0.241 e. The number of carbonyl (C=O) groups is 1. The van der Waals surface area contributed by atoms with Crippen molar-refractivity contribution in [3.8, 4) is 11.5 Å². The standard InChI is InChI=1S/C21H25NO5S/c1-14(2)21(17-8-9-19-20(13-17)27-11-5-10-26-19)22-28(24,25)18-7-4-6-16(12-18)15(3)23/h4,6-9,12-14,21-22H,5,10-11H2,1-3H3/t21-/m1/s1. The molecule has 1 heterocycles.